The van der Waals surface area contributed by atoms with E-state index in [1.807, 2.05) is 0 Å². The minimum Gasteiger partial charge on any atom is -0.480 e. The number of aliphatic carboxylic acids is 1. The highest BCUT2D eigenvalue weighted by atomic mass is 16.4. The van der Waals surface area contributed by atoms with Crippen molar-refractivity contribution in [1.29, 1.82) is 0 Å². The molecule has 1 unspecified atom stereocenters. The number of carboxylic acids is 1. The van der Waals surface area contributed by atoms with Crippen molar-refractivity contribution in [3.8, 4) is 0 Å². The van der Waals surface area contributed by atoms with Crippen LogP contribution in [0.2, 0.25) is 0 Å². The summed E-state index contributed by atoms with van der Waals surface area (Å²) >= 11 is 0. The standard InChI is InChI=1S/C9H15N3O4/c1-2-3-6(8(14)15)12-9(16)11-5-4-7(10)13/h2,6H,1,3-5H2,(H2,10,13)(H,14,15)(H2,11,12,16). The Balaban J connectivity index is 3.95. The number of hydrogen-bond donors (Lipinski definition) is 4. The maximum Gasteiger partial charge on any atom is 0.326 e. The molecular weight excluding hydrogens is 214 g/mol. The third kappa shape index (κ3) is 6.41. The summed E-state index contributed by atoms with van der Waals surface area (Å²) in [6.07, 6.45) is 1.52. The molecule has 3 amide bonds. The first-order chi connectivity index (χ1) is 7.47. The predicted molar refractivity (Wildman–Crippen MR) is 56.6 cm³/mol. The van der Waals surface area contributed by atoms with Gasteiger partial charge in [0.25, 0.3) is 0 Å². The Morgan fingerprint density at radius 3 is 2.50 bits per heavy atom. The number of nitrogens with two attached hydrogens (primary N) is 1. The van der Waals surface area contributed by atoms with Gasteiger partial charge in [0.15, 0.2) is 0 Å². The number of amides is 3. The first kappa shape index (κ1) is 13.9. The van der Waals surface area contributed by atoms with E-state index in [0.29, 0.717) is 0 Å². The molecule has 16 heavy (non-hydrogen) atoms. The molecule has 0 rings (SSSR count). The number of primary amides is 1. The molecule has 0 aliphatic rings. The van der Waals surface area contributed by atoms with Gasteiger partial charge in [0.1, 0.15) is 6.04 Å². The van der Waals surface area contributed by atoms with Crippen molar-refractivity contribution in [2.75, 3.05) is 6.54 Å². The van der Waals surface area contributed by atoms with E-state index in [4.69, 9.17) is 10.8 Å². The van der Waals surface area contributed by atoms with Crippen molar-refractivity contribution < 1.29 is 19.5 Å². The van der Waals surface area contributed by atoms with Crippen LogP contribution in [0, 0.1) is 0 Å². The molecule has 0 radical (unpaired) electrons. The summed E-state index contributed by atoms with van der Waals surface area (Å²) in [5, 5.41) is 13.2. The Hall–Kier alpha value is -2.05. The minimum absolute atomic E-state index is 0.00656. The van der Waals surface area contributed by atoms with E-state index in [1.165, 1.54) is 6.08 Å². The Morgan fingerprint density at radius 2 is 2.06 bits per heavy atom. The van der Waals surface area contributed by atoms with E-state index < -0.39 is 23.9 Å². The first-order valence-electron chi connectivity index (χ1n) is 4.63. The third-order valence-electron chi connectivity index (χ3n) is 1.66. The highest BCUT2D eigenvalue weighted by molar-refractivity contribution is 5.83. The van der Waals surface area contributed by atoms with Gasteiger partial charge in [-0.1, -0.05) is 6.08 Å². The molecule has 7 heteroatoms. The van der Waals surface area contributed by atoms with E-state index in [1.54, 1.807) is 0 Å². The molecule has 90 valence electrons. The van der Waals surface area contributed by atoms with Crippen molar-refractivity contribution in [2.24, 2.45) is 5.73 Å². The molecule has 0 saturated carbocycles. The van der Waals surface area contributed by atoms with Crippen molar-refractivity contribution in [3.05, 3.63) is 12.7 Å². The molecule has 0 fully saturated rings. The molecule has 0 heterocycles. The number of nitrogens with one attached hydrogen (secondary N) is 2. The van der Waals surface area contributed by atoms with Crippen LogP contribution in [0.4, 0.5) is 4.79 Å². The summed E-state index contributed by atoms with van der Waals surface area (Å²) in [4.78, 5) is 32.1. The van der Waals surface area contributed by atoms with Crippen molar-refractivity contribution >= 4 is 17.9 Å². The zero-order valence-corrected chi connectivity index (χ0v) is 8.73. The number of hydrogen-bond acceptors (Lipinski definition) is 3. The highest BCUT2D eigenvalue weighted by Crippen LogP contribution is 1.92. The summed E-state index contributed by atoms with van der Waals surface area (Å²) in [7, 11) is 0. The van der Waals surface area contributed by atoms with Crippen LogP contribution in [0.3, 0.4) is 0 Å². The lowest BCUT2D eigenvalue weighted by molar-refractivity contribution is -0.139. The van der Waals surface area contributed by atoms with Crippen molar-refractivity contribution in [3.63, 3.8) is 0 Å². The van der Waals surface area contributed by atoms with Crippen molar-refractivity contribution in [1.82, 2.24) is 10.6 Å². The molecule has 5 N–H and O–H groups in total. The molecule has 0 aromatic rings. The van der Waals surface area contributed by atoms with Gasteiger partial charge >= 0.3 is 12.0 Å². The van der Waals surface area contributed by atoms with E-state index in [0.717, 1.165) is 0 Å². The van der Waals surface area contributed by atoms with Gasteiger partial charge in [0, 0.05) is 13.0 Å². The Bertz CT molecular complexity index is 290. The fraction of sp³-hybridized carbons (Fsp3) is 0.444. The number of carboxylic acid groups (broad SMARTS) is 1. The second-order valence-electron chi connectivity index (χ2n) is 3.03. The summed E-state index contributed by atoms with van der Waals surface area (Å²) in [6, 6.07) is -1.68. The van der Waals surface area contributed by atoms with E-state index >= 15 is 0 Å². The zero-order valence-electron chi connectivity index (χ0n) is 8.73. The Labute approximate surface area is 92.7 Å². The minimum atomic E-state index is -1.15. The lowest BCUT2D eigenvalue weighted by Crippen LogP contribution is -2.46. The highest BCUT2D eigenvalue weighted by Gasteiger charge is 2.17. The molecule has 0 spiro atoms. The molecule has 0 aliphatic heterocycles. The van der Waals surface area contributed by atoms with Gasteiger partial charge in [0.2, 0.25) is 5.91 Å². The molecule has 0 aromatic heterocycles. The summed E-state index contributed by atoms with van der Waals surface area (Å²) in [5.74, 6) is -1.69. The third-order valence-corrected chi connectivity index (χ3v) is 1.66. The molecule has 0 saturated heterocycles. The SMILES string of the molecule is C=CCC(NC(=O)NCCC(N)=O)C(=O)O. The zero-order chi connectivity index (χ0) is 12.6. The first-order valence-corrected chi connectivity index (χ1v) is 4.63. The maximum atomic E-state index is 11.1. The van der Waals surface area contributed by atoms with Crippen LogP contribution in [0.15, 0.2) is 12.7 Å². The quantitative estimate of drug-likeness (QED) is 0.426. The molecule has 0 bridgehead atoms. The van der Waals surface area contributed by atoms with Gasteiger partial charge in [-0.15, -0.1) is 6.58 Å². The lowest BCUT2D eigenvalue weighted by atomic mass is 10.2. The Kier molecular flexibility index (Phi) is 6.34. The van der Waals surface area contributed by atoms with Crippen LogP contribution < -0.4 is 16.4 Å². The summed E-state index contributed by atoms with van der Waals surface area (Å²) in [6.45, 7) is 3.45. The smallest absolute Gasteiger partial charge is 0.326 e. The normalized spacial score (nSPS) is 11.2. The summed E-state index contributed by atoms with van der Waals surface area (Å²) < 4.78 is 0. The van der Waals surface area contributed by atoms with Gasteiger partial charge in [-0.25, -0.2) is 9.59 Å². The van der Waals surface area contributed by atoms with E-state index in [-0.39, 0.29) is 19.4 Å². The number of carbonyl (C=O) groups is 3. The maximum absolute atomic E-state index is 11.1. The topological polar surface area (TPSA) is 122 Å². The lowest BCUT2D eigenvalue weighted by Gasteiger charge is -2.12. The van der Waals surface area contributed by atoms with E-state index in [2.05, 4.69) is 17.2 Å². The largest absolute Gasteiger partial charge is 0.480 e. The number of carbonyl (C=O) groups excluding carboxylic acids is 2. The molecule has 1 atom stereocenters. The van der Waals surface area contributed by atoms with Gasteiger partial charge in [0.05, 0.1) is 0 Å². The molecule has 0 aliphatic carbocycles. The molecule has 0 aromatic carbocycles. The van der Waals surface area contributed by atoms with Crippen molar-refractivity contribution in [2.45, 2.75) is 18.9 Å². The molecular formula is C9H15N3O4. The average molecular weight is 229 g/mol. The van der Waals surface area contributed by atoms with Gasteiger partial charge in [-0.2, -0.15) is 0 Å². The number of urea groups is 1. The van der Waals surface area contributed by atoms with Gasteiger partial charge in [-0.05, 0) is 6.42 Å². The Morgan fingerprint density at radius 1 is 1.44 bits per heavy atom. The van der Waals surface area contributed by atoms with Crippen LogP contribution in [0.1, 0.15) is 12.8 Å². The molecule has 7 nitrogen and oxygen atoms in total. The van der Waals surface area contributed by atoms with Crippen LogP contribution in [0.5, 0.6) is 0 Å². The van der Waals surface area contributed by atoms with Crippen LogP contribution in [0.25, 0.3) is 0 Å². The van der Waals surface area contributed by atoms with Crippen LogP contribution in [-0.2, 0) is 9.59 Å². The monoisotopic (exact) mass is 229 g/mol. The van der Waals surface area contributed by atoms with E-state index in [9.17, 15) is 14.4 Å². The van der Waals surface area contributed by atoms with Crippen LogP contribution in [-0.4, -0.2) is 35.6 Å². The van der Waals surface area contributed by atoms with Gasteiger partial charge < -0.3 is 21.5 Å². The number of rotatable bonds is 7. The summed E-state index contributed by atoms with van der Waals surface area (Å²) in [5.41, 5.74) is 4.86. The van der Waals surface area contributed by atoms with Crippen LogP contribution >= 0.6 is 0 Å². The fourth-order valence-corrected chi connectivity index (χ4v) is 0.897. The second-order valence-corrected chi connectivity index (χ2v) is 3.03. The van der Waals surface area contributed by atoms with Gasteiger partial charge in [-0.3, -0.25) is 4.79 Å². The fourth-order valence-electron chi connectivity index (χ4n) is 0.897. The average Bonchev–Trinajstić information content (AvgIpc) is 2.16. The second kappa shape index (κ2) is 7.27. The predicted octanol–water partition coefficient (Wildman–Crippen LogP) is -0.810.